The molecule has 28 heavy (non-hydrogen) atoms. The van der Waals surface area contributed by atoms with Crippen molar-refractivity contribution in [3.8, 4) is 34.0 Å². The molecule has 2 fully saturated rings. The number of epoxide rings is 2. The Bertz CT molecular complexity index is 871. The Balaban J connectivity index is 1.29. The van der Waals surface area contributed by atoms with Crippen LogP contribution in [0.2, 0.25) is 0 Å². The lowest BCUT2D eigenvalue weighted by Crippen LogP contribution is -2.03. The normalized spacial score (nSPS) is 20.0. The van der Waals surface area contributed by atoms with Crippen LogP contribution in [0.5, 0.6) is 11.5 Å². The smallest absolute Gasteiger partial charge is 0.119 e. The Morgan fingerprint density at radius 3 is 1.86 bits per heavy atom. The lowest BCUT2D eigenvalue weighted by atomic mass is 10.1. The molecule has 144 valence electrons. The molecule has 1 aromatic heterocycles. The molecular weight excluding hydrogens is 424 g/mol. The van der Waals surface area contributed by atoms with Gasteiger partial charge < -0.3 is 18.9 Å². The average molecular weight is 443 g/mol. The molecular formula is C21H19BrN2O4. The standard InChI is InChI=1S/C21H19BrN2O4/c22-19-20(13-1-5-15(6-2-13)25-9-17-11-27-17)23-24-21(19)14-3-7-16(8-4-14)26-10-18-12-28-18/h1-8,17-18H,9-12H2,(H,23,24). The predicted molar refractivity (Wildman–Crippen MR) is 108 cm³/mol. The molecule has 0 amide bonds. The summed E-state index contributed by atoms with van der Waals surface area (Å²) in [5.74, 6) is 1.67. The van der Waals surface area contributed by atoms with Gasteiger partial charge in [0.25, 0.3) is 0 Å². The SMILES string of the molecule is Brc1c(-c2ccc(OCC3CO3)cc2)n[nH]c1-c1ccc(OCC2CO2)cc1. The van der Waals surface area contributed by atoms with Crippen molar-refractivity contribution in [2.24, 2.45) is 0 Å². The van der Waals surface area contributed by atoms with Crippen LogP contribution in [-0.2, 0) is 9.47 Å². The molecule has 7 heteroatoms. The van der Waals surface area contributed by atoms with Gasteiger partial charge in [-0.25, -0.2) is 0 Å². The first-order valence-corrected chi connectivity index (χ1v) is 9.99. The van der Waals surface area contributed by atoms with Crippen molar-refractivity contribution in [1.82, 2.24) is 10.2 Å². The second-order valence-electron chi connectivity index (χ2n) is 6.84. The van der Waals surface area contributed by atoms with Crippen LogP contribution >= 0.6 is 15.9 Å². The van der Waals surface area contributed by atoms with Crippen LogP contribution in [0.4, 0.5) is 0 Å². The number of rotatable bonds is 8. The fourth-order valence-electron chi connectivity index (χ4n) is 2.84. The van der Waals surface area contributed by atoms with Crippen LogP contribution < -0.4 is 9.47 Å². The van der Waals surface area contributed by atoms with Gasteiger partial charge in [-0.3, -0.25) is 5.10 Å². The molecule has 2 saturated heterocycles. The maximum Gasteiger partial charge on any atom is 0.119 e. The average Bonchev–Trinajstić information content (AvgIpc) is 3.65. The van der Waals surface area contributed by atoms with Gasteiger partial charge in [-0.15, -0.1) is 0 Å². The maximum atomic E-state index is 5.69. The fraction of sp³-hybridized carbons (Fsp3) is 0.286. The van der Waals surface area contributed by atoms with E-state index in [4.69, 9.17) is 18.9 Å². The van der Waals surface area contributed by atoms with Crippen molar-refractivity contribution in [2.75, 3.05) is 26.4 Å². The van der Waals surface area contributed by atoms with E-state index in [1.165, 1.54) is 0 Å². The minimum Gasteiger partial charge on any atom is -0.491 e. The third-order valence-electron chi connectivity index (χ3n) is 4.65. The summed E-state index contributed by atoms with van der Waals surface area (Å²) >= 11 is 3.69. The summed E-state index contributed by atoms with van der Waals surface area (Å²) in [5, 5.41) is 7.61. The number of ether oxygens (including phenoxy) is 4. The maximum absolute atomic E-state index is 5.69. The molecule has 2 aliphatic rings. The Morgan fingerprint density at radius 2 is 1.36 bits per heavy atom. The summed E-state index contributed by atoms with van der Waals surface area (Å²) in [7, 11) is 0. The largest absolute Gasteiger partial charge is 0.491 e. The van der Waals surface area contributed by atoms with Gasteiger partial charge in [0.05, 0.1) is 23.4 Å². The van der Waals surface area contributed by atoms with Crippen molar-refractivity contribution >= 4 is 15.9 Å². The van der Waals surface area contributed by atoms with E-state index in [2.05, 4.69) is 26.1 Å². The highest BCUT2D eigenvalue weighted by Crippen LogP contribution is 2.35. The molecule has 0 bridgehead atoms. The summed E-state index contributed by atoms with van der Waals surface area (Å²) in [6.07, 6.45) is 0.504. The minimum atomic E-state index is 0.251. The summed E-state index contributed by atoms with van der Waals surface area (Å²) in [6, 6.07) is 15.9. The van der Waals surface area contributed by atoms with Crippen LogP contribution in [0.15, 0.2) is 53.0 Å². The number of hydrogen-bond donors (Lipinski definition) is 1. The van der Waals surface area contributed by atoms with Gasteiger partial charge in [-0.1, -0.05) is 0 Å². The topological polar surface area (TPSA) is 72.2 Å². The molecule has 2 aromatic carbocycles. The molecule has 0 saturated carbocycles. The Hall–Kier alpha value is -2.35. The first-order valence-electron chi connectivity index (χ1n) is 9.20. The first kappa shape index (κ1) is 17.7. The first-order chi connectivity index (χ1) is 13.8. The van der Waals surface area contributed by atoms with Gasteiger partial charge in [0.1, 0.15) is 42.6 Å². The fourth-order valence-corrected chi connectivity index (χ4v) is 3.48. The van der Waals surface area contributed by atoms with Gasteiger partial charge in [0.2, 0.25) is 0 Å². The van der Waals surface area contributed by atoms with Crippen molar-refractivity contribution in [1.29, 1.82) is 0 Å². The number of aromatic nitrogens is 2. The molecule has 1 N–H and O–H groups in total. The van der Waals surface area contributed by atoms with Crippen molar-refractivity contribution < 1.29 is 18.9 Å². The Labute approximate surface area is 170 Å². The van der Waals surface area contributed by atoms with E-state index < -0.39 is 0 Å². The summed E-state index contributed by atoms with van der Waals surface area (Å²) in [5.41, 5.74) is 3.83. The third kappa shape index (κ3) is 4.06. The molecule has 0 aliphatic carbocycles. The summed E-state index contributed by atoms with van der Waals surface area (Å²) < 4.78 is 22.6. The molecule has 0 radical (unpaired) electrons. The van der Waals surface area contributed by atoms with Crippen molar-refractivity contribution in [3.63, 3.8) is 0 Å². The molecule has 2 aliphatic heterocycles. The predicted octanol–water partition coefficient (Wildman–Crippen LogP) is 4.06. The second-order valence-corrected chi connectivity index (χ2v) is 7.64. The van der Waals surface area contributed by atoms with Crippen LogP contribution in [0, 0.1) is 0 Å². The Kier molecular flexibility index (Phi) is 4.80. The quantitative estimate of drug-likeness (QED) is 0.532. The van der Waals surface area contributed by atoms with Gasteiger partial charge in [-0.2, -0.15) is 5.10 Å². The third-order valence-corrected chi connectivity index (χ3v) is 5.43. The molecule has 6 nitrogen and oxygen atoms in total. The van der Waals surface area contributed by atoms with Gasteiger partial charge >= 0.3 is 0 Å². The lowest BCUT2D eigenvalue weighted by Gasteiger charge is -2.06. The van der Waals surface area contributed by atoms with E-state index in [1.54, 1.807) is 0 Å². The summed E-state index contributed by atoms with van der Waals surface area (Å²) in [4.78, 5) is 0. The number of halogens is 1. The molecule has 5 rings (SSSR count). The number of benzene rings is 2. The van der Waals surface area contributed by atoms with Crippen LogP contribution in [0.3, 0.4) is 0 Å². The molecule has 3 aromatic rings. The minimum absolute atomic E-state index is 0.251. The highest BCUT2D eigenvalue weighted by atomic mass is 79.9. The van der Waals surface area contributed by atoms with Crippen LogP contribution in [0.1, 0.15) is 0 Å². The van der Waals surface area contributed by atoms with E-state index in [9.17, 15) is 0 Å². The second kappa shape index (κ2) is 7.58. The van der Waals surface area contributed by atoms with Gasteiger partial charge in [0, 0.05) is 11.1 Å². The zero-order valence-corrected chi connectivity index (χ0v) is 16.6. The molecule has 2 unspecified atom stereocenters. The van der Waals surface area contributed by atoms with Gasteiger partial charge in [0.15, 0.2) is 0 Å². The van der Waals surface area contributed by atoms with E-state index >= 15 is 0 Å². The zero-order valence-electron chi connectivity index (χ0n) is 15.1. The lowest BCUT2D eigenvalue weighted by molar-refractivity contribution is 0.263. The van der Waals surface area contributed by atoms with E-state index in [1.807, 2.05) is 48.5 Å². The van der Waals surface area contributed by atoms with Crippen LogP contribution in [-0.4, -0.2) is 48.8 Å². The van der Waals surface area contributed by atoms with E-state index in [0.717, 1.165) is 51.7 Å². The molecule has 0 spiro atoms. The number of H-pyrrole nitrogens is 1. The number of nitrogens with zero attached hydrogens (tertiary/aromatic N) is 1. The Morgan fingerprint density at radius 1 is 0.857 bits per heavy atom. The van der Waals surface area contributed by atoms with Crippen LogP contribution in [0.25, 0.3) is 22.5 Å². The number of nitrogens with one attached hydrogen (secondary N) is 1. The number of aromatic amines is 1. The molecule has 2 atom stereocenters. The zero-order chi connectivity index (χ0) is 18.9. The van der Waals surface area contributed by atoms with E-state index in [0.29, 0.717) is 13.2 Å². The van der Waals surface area contributed by atoms with Gasteiger partial charge in [-0.05, 0) is 64.5 Å². The van der Waals surface area contributed by atoms with Crippen molar-refractivity contribution in [2.45, 2.75) is 12.2 Å². The monoisotopic (exact) mass is 442 g/mol. The van der Waals surface area contributed by atoms with E-state index in [-0.39, 0.29) is 12.2 Å². The highest BCUT2D eigenvalue weighted by Gasteiger charge is 2.23. The summed E-state index contributed by atoms with van der Waals surface area (Å²) in [6.45, 7) is 2.79. The highest BCUT2D eigenvalue weighted by molar-refractivity contribution is 9.10. The number of hydrogen-bond acceptors (Lipinski definition) is 5. The molecule has 3 heterocycles. The van der Waals surface area contributed by atoms with Crippen molar-refractivity contribution in [3.05, 3.63) is 53.0 Å².